The van der Waals surface area contributed by atoms with Gasteiger partial charge in [-0.1, -0.05) is 11.6 Å². The van der Waals surface area contributed by atoms with Crippen LogP contribution in [-0.2, 0) is 11.2 Å². The second-order valence-electron chi connectivity index (χ2n) is 8.20. The van der Waals surface area contributed by atoms with E-state index in [0.717, 1.165) is 12.0 Å². The van der Waals surface area contributed by atoms with Crippen molar-refractivity contribution in [3.8, 4) is 11.1 Å². The molecule has 9 nitrogen and oxygen atoms in total. The van der Waals surface area contributed by atoms with Gasteiger partial charge < -0.3 is 15.0 Å². The molecule has 2 aliphatic heterocycles. The molecule has 2 atom stereocenters. The van der Waals surface area contributed by atoms with E-state index < -0.39 is 17.8 Å². The Morgan fingerprint density at radius 3 is 2.85 bits per heavy atom. The highest BCUT2D eigenvalue weighted by Gasteiger charge is 2.44. The largest absolute Gasteiger partial charge is 0.465 e. The van der Waals surface area contributed by atoms with Crippen molar-refractivity contribution >= 4 is 29.3 Å². The molecule has 2 N–H and O–H groups in total. The molecule has 0 aliphatic carbocycles. The average Bonchev–Trinajstić information content (AvgIpc) is 3.15. The number of anilines is 1. The molecule has 2 amide bonds. The molecule has 1 unspecified atom stereocenters. The van der Waals surface area contributed by atoms with Crippen molar-refractivity contribution in [2.45, 2.75) is 31.3 Å². The first-order valence-electron chi connectivity index (χ1n) is 10.6. The Morgan fingerprint density at radius 1 is 1.24 bits per heavy atom. The molecule has 2 aromatic heterocycles. The van der Waals surface area contributed by atoms with Gasteiger partial charge >= 0.3 is 12.0 Å². The van der Waals surface area contributed by atoms with Gasteiger partial charge in [0.15, 0.2) is 0 Å². The summed E-state index contributed by atoms with van der Waals surface area (Å²) >= 11 is 6.40. The molecule has 1 aromatic carbocycles. The summed E-state index contributed by atoms with van der Waals surface area (Å²) in [5, 5.41) is 9.37. The van der Waals surface area contributed by atoms with Crippen LogP contribution in [0.2, 0.25) is 5.02 Å². The van der Waals surface area contributed by atoms with Crippen molar-refractivity contribution in [1.29, 1.82) is 0 Å². The van der Waals surface area contributed by atoms with Crippen molar-refractivity contribution in [2.75, 3.05) is 12.4 Å². The molecule has 34 heavy (non-hydrogen) atoms. The van der Waals surface area contributed by atoms with Gasteiger partial charge in [-0.3, -0.25) is 9.78 Å². The molecule has 0 saturated carbocycles. The van der Waals surface area contributed by atoms with Crippen LogP contribution in [0.3, 0.4) is 0 Å². The van der Waals surface area contributed by atoms with Gasteiger partial charge in [0.05, 0.1) is 35.1 Å². The molecule has 11 heteroatoms. The lowest BCUT2D eigenvalue weighted by molar-refractivity contribution is 0.0600. The Kier molecular flexibility index (Phi) is 5.52. The predicted molar refractivity (Wildman–Crippen MR) is 121 cm³/mol. The van der Waals surface area contributed by atoms with Gasteiger partial charge in [0.1, 0.15) is 5.82 Å². The number of H-pyrrole nitrogens is 1. The third-order valence-electron chi connectivity index (χ3n) is 6.20. The predicted octanol–water partition coefficient (Wildman–Crippen LogP) is 3.70. The van der Waals surface area contributed by atoms with Crippen LogP contribution < -0.4 is 10.9 Å². The van der Waals surface area contributed by atoms with Gasteiger partial charge in [0, 0.05) is 35.6 Å². The molecule has 174 valence electrons. The number of rotatable bonds is 3. The molecule has 2 bridgehead atoms. The van der Waals surface area contributed by atoms with E-state index in [1.165, 1.54) is 43.8 Å². The number of amides is 2. The number of esters is 1. The topological polar surface area (TPSA) is 117 Å². The van der Waals surface area contributed by atoms with E-state index >= 15 is 4.39 Å². The Morgan fingerprint density at radius 2 is 2.06 bits per heavy atom. The molecule has 2 aliphatic rings. The lowest BCUT2D eigenvalue weighted by Gasteiger charge is -2.35. The number of hydrogen-bond acceptors (Lipinski definition) is 6. The Labute approximate surface area is 197 Å². The van der Waals surface area contributed by atoms with Gasteiger partial charge in [-0.15, -0.1) is 0 Å². The summed E-state index contributed by atoms with van der Waals surface area (Å²) in [7, 11) is 1.25. The third-order valence-corrected chi connectivity index (χ3v) is 6.51. The normalized spacial score (nSPS) is 18.4. The monoisotopic (exact) mass is 483 g/mol. The number of urea groups is 1. The first kappa shape index (κ1) is 22.0. The first-order valence-corrected chi connectivity index (χ1v) is 10.9. The molecule has 0 radical (unpaired) electrons. The molecule has 3 aromatic rings. The Hall–Kier alpha value is -3.79. The maximum absolute atomic E-state index is 15.0. The van der Waals surface area contributed by atoms with Crippen LogP contribution in [0, 0.1) is 5.82 Å². The highest BCUT2D eigenvalue weighted by atomic mass is 35.5. The maximum Gasteiger partial charge on any atom is 0.339 e. The van der Waals surface area contributed by atoms with E-state index in [1.807, 2.05) is 0 Å². The number of hydrogen-bond donors (Lipinski definition) is 2. The fourth-order valence-electron chi connectivity index (χ4n) is 4.68. The number of fused-ring (bicyclic) bond motifs is 4. The highest BCUT2D eigenvalue weighted by Crippen LogP contribution is 2.42. The van der Waals surface area contributed by atoms with Crippen LogP contribution in [0.4, 0.5) is 14.9 Å². The summed E-state index contributed by atoms with van der Waals surface area (Å²) < 4.78 is 19.7. The quantitative estimate of drug-likeness (QED) is 0.548. The number of aromatic amines is 1. The van der Waals surface area contributed by atoms with Crippen molar-refractivity contribution in [3.05, 3.63) is 74.7 Å². The number of halogens is 2. The molecular weight excluding hydrogens is 465 g/mol. The van der Waals surface area contributed by atoms with Crippen molar-refractivity contribution < 1.29 is 18.7 Å². The number of nitrogens with zero attached hydrogens (tertiary/aromatic N) is 3. The smallest absolute Gasteiger partial charge is 0.339 e. The minimum absolute atomic E-state index is 0.0737. The zero-order valence-corrected chi connectivity index (χ0v) is 18.7. The van der Waals surface area contributed by atoms with E-state index in [2.05, 4.69) is 20.5 Å². The summed E-state index contributed by atoms with van der Waals surface area (Å²) in [6.45, 7) is 0. The maximum atomic E-state index is 15.0. The first-order chi connectivity index (χ1) is 16.4. The van der Waals surface area contributed by atoms with Crippen LogP contribution in [-0.4, -0.2) is 45.2 Å². The van der Waals surface area contributed by atoms with E-state index in [-0.39, 0.29) is 33.9 Å². The molecular formula is C23H19ClFN5O4. The highest BCUT2D eigenvalue weighted by molar-refractivity contribution is 6.33. The van der Waals surface area contributed by atoms with Gasteiger partial charge in [-0.25, -0.2) is 19.1 Å². The lowest BCUT2D eigenvalue weighted by atomic mass is 9.99. The Bertz CT molecular complexity index is 1380. The summed E-state index contributed by atoms with van der Waals surface area (Å²) in [5.74, 6) is -1.27. The van der Waals surface area contributed by atoms with Crippen LogP contribution in [0.25, 0.3) is 11.1 Å². The number of ether oxygens (including phenoxy) is 1. The van der Waals surface area contributed by atoms with E-state index in [4.69, 9.17) is 16.3 Å². The van der Waals surface area contributed by atoms with Crippen LogP contribution >= 0.6 is 11.6 Å². The fraction of sp³-hybridized carbons (Fsp3) is 0.261. The number of methoxy groups -OCH3 is 1. The Balaban J connectivity index is 1.40. The van der Waals surface area contributed by atoms with E-state index in [1.54, 1.807) is 4.90 Å². The average molecular weight is 484 g/mol. The molecule has 0 spiro atoms. The van der Waals surface area contributed by atoms with Crippen molar-refractivity contribution in [3.63, 3.8) is 0 Å². The number of benzene rings is 1. The number of pyridine rings is 1. The van der Waals surface area contributed by atoms with Crippen molar-refractivity contribution in [2.24, 2.45) is 0 Å². The van der Waals surface area contributed by atoms with E-state index in [9.17, 15) is 14.4 Å². The van der Waals surface area contributed by atoms with Crippen molar-refractivity contribution in [1.82, 2.24) is 20.1 Å². The fourth-order valence-corrected chi connectivity index (χ4v) is 4.95. The summed E-state index contributed by atoms with van der Waals surface area (Å²) in [4.78, 5) is 42.2. The van der Waals surface area contributed by atoms with Crippen LogP contribution in [0.5, 0.6) is 0 Å². The third kappa shape index (κ3) is 3.79. The summed E-state index contributed by atoms with van der Waals surface area (Å²) in [6, 6.07) is 4.65. The molecule has 1 fully saturated rings. The second-order valence-corrected chi connectivity index (χ2v) is 8.60. The zero-order valence-electron chi connectivity index (χ0n) is 18.0. The molecule has 1 saturated heterocycles. The minimum atomic E-state index is -0.691. The van der Waals surface area contributed by atoms with Gasteiger partial charge in [0.25, 0.3) is 5.56 Å². The van der Waals surface area contributed by atoms with Gasteiger partial charge in [-0.2, -0.15) is 5.10 Å². The number of carbonyl (C=O) groups excluding carboxylic acids is 2. The minimum Gasteiger partial charge on any atom is -0.465 e. The second kappa shape index (κ2) is 8.53. The zero-order chi connectivity index (χ0) is 24.0. The van der Waals surface area contributed by atoms with Gasteiger partial charge in [0.2, 0.25) is 0 Å². The molecule has 5 rings (SSSR count). The SMILES string of the molecule is COC(=O)c1cncc(-c2cc(F)c(NC(=O)N3C4CC[C@H]3Cc3cc(=O)[nH]nc34)cc2Cl)c1. The van der Waals surface area contributed by atoms with E-state index in [0.29, 0.717) is 29.7 Å². The summed E-state index contributed by atoms with van der Waals surface area (Å²) in [6.07, 6.45) is 4.77. The number of nitrogens with one attached hydrogen (secondary N) is 2. The number of aromatic nitrogens is 3. The van der Waals surface area contributed by atoms with Crippen LogP contribution in [0.1, 0.15) is 40.5 Å². The summed E-state index contributed by atoms with van der Waals surface area (Å²) in [5.41, 5.74) is 2.09. The number of carbonyl (C=O) groups is 2. The van der Waals surface area contributed by atoms with Crippen LogP contribution in [0.15, 0.2) is 41.5 Å². The lowest BCUT2D eigenvalue weighted by Crippen LogP contribution is -2.45. The van der Waals surface area contributed by atoms with Gasteiger partial charge in [-0.05, 0) is 43.0 Å². The molecule has 4 heterocycles. The standard InChI is InChI=1S/C23H19ClFN5O4/c1-34-22(32)13-4-12(9-26-10-13)15-7-17(25)18(8-16(15)24)27-23(33)30-14-2-3-19(30)21-11(5-14)6-20(31)28-29-21/h4,6-10,14,19H,2-3,5H2,1H3,(H,27,33)(H,28,31)/t14-,19?/m0/s1.